The molecule has 4 heteroatoms. The van der Waals surface area contributed by atoms with Gasteiger partial charge < -0.3 is 5.32 Å². The van der Waals surface area contributed by atoms with Crippen molar-refractivity contribution in [3.63, 3.8) is 0 Å². The van der Waals surface area contributed by atoms with Gasteiger partial charge in [-0.1, -0.05) is 43.9 Å². The second-order valence-corrected chi connectivity index (χ2v) is 5.58. The molecule has 0 fully saturated rings. The molecule has 1 nitrogen and oxygen atoms in total. The molecule has 0 unspecified atom stereocenters. The van der Waals surface area contributed by atoms with Crippen molar-refractivity contribution in [3.05, 3.63) is 12.7 Å². The SMILES string of the molecule is C=CCSC(=S)NCC(C)(C)CS. The smallest absolute Gasteiger partial charge is 0.134 e. The Morgan fingerprint density at radius 2 is 2.31 bits per heavy atom. The zero-order valence-electron chi connectivity index (χ0n) is 8.17. The molecule has 0 spiro atoms. The van der Waals surface area contributed by atoms with E-state index in [2.05, 4.69) is 38.4 Å². The van der Waals surface area contributed by atoms with Crippen LogP contribution >= 0.6 is 36.6 Å². The number of hydrogen-bond acceptors (Lipinski definition) is 3. The highest BCUT2D eigenvalue weighted by Crippen LogP contribution is 2.15. The predicted octanol–water partition coefficient (Wildman–Crippen LogP) is 2.74. The van der Waals surface area contributed by atoms with Gasteiger partial charge in [0.2, 0.25) is 0 Å². The lowest BCUT2D eigenvalue weighted by molar-refractivity contribution is 0.422. The van der Waals surface area contributed by atoms with E-state index in [0.29, 0.717) is 0 Å². The molecule has 1 N–H and O–H groups in total. The van der Waals surface area contributed by atoms with Crippen molar-refractivity contribution in [2.75, 3.05) is 18.1 Å². The highest BCUT2D eigenvalue weighted by Gasteiger charge is 2.15. The van der Waals surface area contributed by atoms with E-state index in [1.807, 2.05) is 6.08 Å². The average molecular weight is 235 g/mol. The molecule has 0 radical (unpaired) electrons. The van der Waals surface area contributed by atoms with Crippen molar-refractivity contribution in [2.45, 2.75) is 13.8 Å². The van der Waals surface area contributed by atoms with Crippen LogP contribution in [-0.2, 0) is 0 Å². The maximum Gasteiger partial charge on any atom is 0.134 e. The van der Waals surface area contributed by atoms with Crippen LogP contribution in [0, 0.1) is 5.41 Å². The van der Waals surface area contributed by atoms with Gasteiger partial charge in [0.1, 0.15) is 4.32 Å². The minimum absolute atomic E-state index is 0.196. The first kappa shape index (κ1) is 13.3. The fourth-order valence-corrected chi connectivity index (χ4v) is 1.38. The molecule has 0 bridgehead atoms. The summed E-state index contributed by atoms with van der Waals surface area (Å²) in [5, 5.41) is 3.21. The molecular formula is C9H17NS3. The van der Waals surface area contributed by atoms with Gasteiger partial charge in [-0.3, -0.25) is 0 Å². The maximum atomic E-state index is 5.11. The monoisotopic (exact) mass is 235 g/mol. The summed E-state index contributed by atoms with van der Waals surface area (Å²) < 4.78 is 0.842. The summed E-state index contributed by atoms with van der Waals surface area (Å²) in [7, 11) is 0. The third kappa shape index (κ3) is 7.40. The average Bonchev–Trinajstić information content (AvgIpc) is 2.11. The fraction of sp³-hybridized carbons (Fsp3) is 0.667. The third-order valence-corrected chi connectivity index (χ3v) is 3.63. The lowest BCUT2D eigenvalue weighted by Gasteiger charge is -2.22. The Hall–Kier alpha value is 0.330. The molecular weight excluding hydrogens is 218 g/mol. The zero-order valence-corrected chi connectivity index (χ0v) is 10.7. The van der Waals surface area contributed by atoms with Crippen molar-refractivity contribution >= 4 is 40.9 Å². The molecule has 0 aliphatic heterocycles. The first-order valence-corrected chi connectivity index (χ1v) is 6.17. The van der Waals surface area contributed by atoms with Gasteiger partial charge in [-0.2, -0.15) is 12.6 Å². The lowest BCUT2D eigenvalue weighted by Crippen LogP contribution is -2.32. The maximum absolute atomic E-state index is 5.11. The van der Waals surface area contributed by atoms with Crippen LogP contribution in [0.4, 0.5) is 0 Å². The third-order valence-electron chi connectivity index (χ3n) is 1.47. The van der Waals surface area contributed by atoms with Gasteiger partial charge in [0, 0.05) is 12.3 Å². The lowest BCUT2D eigenvalue weighted by atomic mass is 9.97. The van der Waals surface area contributed by atoms with Crippen LogP contribution in [0.1, 0.15) is 13.8 Å². The van der Waals surface area contributed by atoms with Crippen molar-refractivity contribution in [1.82, 2.24) is 5.32 Å². The zero-order chi connectivity index (χ0) is 10.3. The van der Waals surface area contributed by atoms with Crippen LogP contribution in [0.15, 0.2) is 12.7 Å². The number of nitrogens with one attached hydrogen (secondary N) is 1. The van der Waals surface area contributed by atoms with Gasteiger partial charge in [0.05, 0.1) is 0 Å². The van der Waals surface area contributed by atoms with Crippen molar-refractivity contribution in [3.8, 4) is 0 Å². The summed E-state index contributed by atoms with van der Waals surface area (Å²) in [6, 6.07) is 0. The van der Waals surface area contributed by atoms with Crippen LogP contribution < -0.4 is 5.32 Å². The molecule has 0 aromatic carbocycles. The number of thioether (sulfide) groups is 1. The van der Waals surface area contributed by atoms with Gasteiger partial charge in [-0.15, -0.1) is 6.58 Å². The van der Waals surface area contributed by atoms with Crippen molar-refractivity contribution in [1.29, 1.82) is 0 Å². The molecule has 13 heavy (non-hydrogen) atoms. The Bertz CT molecular complexity index is 178. The molecule has 76 valence electrons. The van der Waals surface area contributed by atoms with Crippen LogP contribution in [-0.4, -0.2) is 22.4 Å². The van der Waals surface area contributed by atoms with E-state index in [1.54, 1.807) is 11.8 Å². The van der Waals surface area contributed by atoms with Crippen LogP contribution in [0.2, 0.25) is 0 Å². The van der Waals surface area contributed by atoms with Gasteiger partial charge in [0.15, 0.2) is 0 Å². The van der Waals surface area contributed by atoms with Crippen LogP contribution in [0.3, 0.4) is 0 Å². The van der Waals surface area contributed by atoms with Crippen LogP contribution in [0.25, 0.3) is 0 Å². The number of thiol groups is 1. The second kappa shape index (κ2) is 6.74. The van der Waals surface area contributed by atoms with E-state index in [4.69, 9.17) is 12.2 Å². The molecule has 0 atom stereocenters. The quantitative estimate of drug-likeness (QED) is 0.432. The van der Waals surface area contributed by atoms with Gasteiger partial charge >= 0.3 is 0 Å². The van der Waals surface area contributed by atoms with Gasteiger partial charge in [0.25, 0.3) is 0 Å². The number of hydrogen-bond donors (Lipinski definition) is 2. The van der Waals surface area contributed by atoms with E-state index >= 15 is 0 Å². The summed E-state index contributed by atoms with van der Waals surface area (Å²) in [5.41, 5.74) is 0.196. The topological polar surface area (TPSA) is 12.0 Å². The van der Waals surface area contributed by atoms with E-state index in [1.165, 1.54) is 0 Å². The van der Waals surface area contributed by atoms with Gasteiger partial charge in [-0.25, -0.2) is 0 Å². The first-order valence-electron chi connectivity index (χ1n) is 4.14. The molecule has 0 saturated heterocycles. The number of rotatable bonds is 5. The Morgan fingerprint density at radius 3 is 2.77 bits per heavy atom. The minimum atomic E-state index is 0.196. The molecule has 0 aromatic rings. The Labute approximate surface area is 96.2 Å². The summed E-state index contributed by atoms with van der Waals surface area (Å²) in [4.78, 5) is 0. The predicted molar refractivity (Wildman–Crippen MR) is 70.9 cm³/mol. The molecule has 0 amide bonds. The second-order valence-electron chi connectivity index (χ2n) is 3.56. The minimum Gasteiger partial charge on any atom is -0.370 e. The molecule has 0 aliphatic rings. The normalized spacial score (nSPS) is 11.0. The van der Waals surface area contributed by atoms with Crippen molar-refractivity contribution in [2.24, 2.45) is 5.41 Å². The molecule has 0 aromatic heterocycles. The summed E-state index contributed by atoms with van der Waals surface area (Å²) in [6.45, 7) is 8.83. The Balaban J connectivity index is 3.63. The van der Waals surface area contributed by atoms with Crippen LogP contribution in [0.5, 0.6) is 0 Å². The molecule has 0 heterocycles. The van der Waals surface area contributed by atoms with Gasteiger partial charge in [-0.05, 0) is 11.2 Å². The van der Waals surface area contributed by atoms with E-state index < -0.39 is 0 Å². The Kier molecular flexibility index (Phi) is 6.91. The molecule has 0 saturated carbocycles. The van der Waals surface area contributed by atoms with E-state index in [-0.39, 0.29) is 5.41 Å². The van der Waals surface area contributed by atoms with Crippen molar-refractivity contribution < 1.29 is 0 Å². The first-order chi connectivity index (χ1) is 6.02. The molecule has 0 aliphatic carbocycles. The summed E-state index contributed by atoms with van der Waals surface area (Å²) in [5.74, 6) is 1.72. The standard InChI is InChI=1S/C9H17NS3/c1-4-5-13-8(12)10-6-9(2,3)7-11/h4,11H,1,5-7H2,2-3H3,(H,10,12). The summed E-state index contributed by atoms with van der Waals surface area (Å²) >= 11 is 11.0. The largest absolute Gasteiger partial charge is 0.370 e. The van der Waals surface area contributed by atoms with E-state index in [9.17, 15) is 0 Å². The molecule has 0 rings (SSSR count). The number of thiocarbonyl (C=S) groups is 1. The fourth-order valence-electron chi connectivity index (χ4n) is 0.553. The highest BCUT2D eigenvalue weighted by molar-refractivity contribution is 8.23. The summed E-state index contributed by atoms with van der Waals surface area (Å²) in [6.07, 6.45) is 1.85. The van der Waals surface area contributed by atoms with E-state index in [0.717, 1.165) is 22.4 Å². The Morgan fingerprint density at radius 1 is 1.69 bits per heavy atom. The highest BCUT2D eigenvalue weighted by atomic mass is 32.2.